The van der Waals surface area contributed by atoms with Gasteiger partial charge in [0.15, 0.2) is 0 Å². The molecule has 1 aromatic heterocycles. The number of carbonyl (C=O) groups excluding carboxylic acids is 1. The molecule has 0 saturated heterocycles. The fraction of sp³-hybridized carbons (Fsp3) is 0.250. The summed E-state index contributed by atoms with van der Waals surface area (Å²) in [7, 11) is 1.57. The first-order valence-electron chi connectivity index (χ1n) is 6.96. The van der Waals surface area contributed by atoms with E-state index in [1.165, 1.54) is 23.1 Å². The van der Waals surface area contributed by atoms with Crippen LogP contribution in [-0.2, 0) is 0 Å². The number of hydrogen-bond donors (Lipinski definition) is 0. The highest BCUT2D eigenvalue weighted by Gasteiger charge is 2.23. The highest BCUT2D eigenvalue weighted by atomic mass is 79.9. The van der Waals surface area contributed by atoms with Gasteiger partial charge in [0.2, 0.25) is 0 Å². The van der Waals surface area contributed by atoms with E-state index in [0.29, 0.717) is 5.82 Å². The Morgan fingerprint density at radius 3 is 2.87 bits per heavy atom. The van der Waals surface area contributed by atoms with Gasteiger partial charge in [0, 0.05) is 17.7 Å². The van der Waals surface area contributed by atoms with Gasteiger partial charge in [-0.1, -0.05) is 24.6 Å². The van der Waals surface area contributed by atoms with Gasteiger partial charge in [0.25, 0.3) is 5.91 Å². The lowest BCUT2D eigenvalue weighted by atomic mass is 10.2. The van der Waals surface area contributed by atoms with Crippen LogP contribution in [0.15, 0.2) is 39.8 Å². The van der Waals surface area contributed by atoms with Gasteiger partial charge in [-0.15, -0.1) is 11.8 Å². The number of carbonyl (C=O) groups is 1. The van der Waals surface area contributed by atoms with E-state index < -0.39 is 11.7 Å². The second-order valence-electron chi connectivity index (χ2n) is 4.78. The third-order valence-corrected chi connectivity index (χ3v) is 5.03. The standard InChI is InChI=1S/C16H15BrClFN2OS/c1-3-7-23-13-8-10(17)9-20-15(13)21(2)16(22)14-11(18)5-4-6-12(14)19/h4-6,8-9H,3,7H2,1-2H3. The normalized spacial score (nSPS) is 10.7. The summed E-state index contributed by atoms with van der Waals surface area (Å²) in [4.78, 5) is 19.1. The number of benzene rings is 1. The van der Waals surface area contributed by atoms with Gasteiger partial charge >= 0.3 is 0 Å². The van der Waals surface area contributed by atoms with E-state index in [4.69, 9.17) is 11.6 Å². The summed E-state index contributed by atoms with van der Waals surface area (Å²) < 4.78 is 14.8. The average Bonchev–Trinajstić information content (AvgIpc) is 2.52. The van der Waals surface area contributed by atoms with Crippen LogP contribution in [0.2, 0.25) is 5.02 Å². The zero-order valence-corrected chi connectivity index (χ0v) is 15.8. The highest BCUT2D eigenvalue weighted by molar-refractivity contribution is 9.10. The van der Waals surface area contributed by atoms with Crippen LogP contribution in [0, 0.1) is 5.82 Å². The molecule has 2 aromatic rings. The monoisotopic (exact) mass is 416 g/mol. The van der Waals surface area contributed by atoms with Crippen molar-refractivity contribution in [1.82, 2.24) is 4.98 Å². The molecule has 0 saturated carbocycles. The molecule has 0 bridgehead atoms. The molecule has 3 nitrogen and oxygen atoms in total. The third-order valence-electron chi connectivity index (χ3n) is 3.06. The number of amides is 1. The Morgan fingerprint density at radius 2 is 2.22 bits per heavy atom. The molecule has 23 heavy (non-hydrogen) atoms. The average molecular weight is 418 g/mol. The lowest BCUT2D eigenvalue weighted by molar-refractivity contribution is 0.0988. The number of hydrogen-bond acceptors (Lipinski definition) is 3. The zero-order valence-electron chi connectivity index (χ0n) is 12.6. The fourth-order valence-electron chi connectivity index (χ4n) is 1.95. The fourth-order valence-corrected chi connectivity index (χ4v) is 3.63. The Labute approximate surface area is 152 Å². The van der Waals surface area contributed by atoms with Crippen molar-refractivity contribution in [3.05, 3.63) is 51.3 Å². The predicted octanol–water partition coefficient (Wildman–Crippen LogP) is 5.42. The molecule has 7 heteroatoms. The van der Waals surface area contributed by atoms with Gasteiger partial charge in [-0.05, 0) is 46.3 Å². The molecule has 0 spiro atoms. The second-order valence-corrected chi connectivity index (χ2v) is 7.24. The molecule has 122 valence electrons. The summed E-state index contributed by atoms with van der Waals surface area (Å²) in [6, 6.07) is 6.08. The first kappa shape index (κ1) is 18.2. The molecule has 0 N–H and O–H groups in total. The van der Waals surface area contributed by atoms with Gasteiger partial charge in [-0.2, -0.15) is 0 Å². The molecular weight excluding hydrogens is 403 g/mol. The van der Waals surface area contributed by atoms with Crippen molar-refractivity contribution in [2.75, 3.05) is 17.7 Å². The van der Waals surface area contributed by atoms with E-state index in [9.17, 15) is 9.18 Å². The molecule has 1 aromatic carbocycles. The van der Waals surface area contributed by atoms with Crippen LogP contribution in [0.1, 0.15) is 23.7 Å². The SMILES string of the molecule is CCCSc1cc(Br)cnc1N(C)C(=O)c1c(F)cccc1Cl. The number of nitrogens with zero attached hydrogens (tertiary/aromatic N) is 2. The van der Waals surface area contributed by atoms with E-state index in [1.807, 2.05) is 6.07 Å². The molecule has 0 unspecified atom stereocenters. The Morgan fingerprint density at radius 1 is 1.48 bits per heavy atom. The van der Waals surface area contributed by atoms with Crippen LogP contribution in [-0.4, -0.2) is 23.7 Å². The number of halogens is 3. The summed E-state index contributed by atoms with van der Waals surface area (Å²) in [5.74, 6) is 0.208. The van der Waals surface area contributed by atoms with Crippen molar-refractivity contribution < 1.29 is 9.18 Å². The lowest BCUT2D eigenvalue weighted by Crippen LogP contribution is -2.28. The smallest absolute Gasteiger partial charge is 0.263 e. The zero-order chi connectivity index (χ0) is 17.0. The van der Waals surface area contributed by atoms with E-state index >= 15 is 0 Å². The molecule has 0 radical (unpaired) electrons. The van der Waals surface area contributed by atoms with Crippen molar-refractivity contribution in [3.63, 3.8) is 0 Å². The van der Waals surface area contributed by atoms with Crippen molar-refractivity contribution >= 4 is 51.0 Å². The summed E-state index contributed by atoms with van der Waals surface area (Å²) >= 11 is 11.0. The van der Waals surface area contributed by atoms with E-state index in [2.05, 4.69) is 27.8 Å². The van der Waals surface area contributed by atoms with Crippen LogP contribution in [0.4, 0.5) is 10.2 Å². The minimum absolute atomic E-state index is 0.0849. The molecule has 0 fully saturated rings. The Bertz CT molecular complexity index is 709. The Balaban J connectivity index is 2.40. The quantitative estimate of drug-likeness (QED) is 0.609. The minimum Gasteiger partial charge on any atom is -0.295 e. The molecule has 0 aliphatic heterocycles. The topological polar surface area (TPSA) is 33.2 Å². The summed E-state index contributed by atoms with van der Waals surface area (Å²) in [6.45, 7) is 2.08. The number of rotatable bonds is 5. The predicted molar refractivity (Wildman–Crippen MR) is 97.1 cm³/mol. The number of thioether (sulfide) groups is 1. The van der Waals surface area contributed by atoms with Crippen LogP contribution >= 0.6 is 39.3 Å². The number of aromatic nitrogens is 1. The maximum Gasteiger partial charge on any atom is 0.263 e. The van der Waals surface area contributed by atoms with Gasteiger partial charge in [0.1, 0.15) is 11.6 Å². The largest absolute Gasteiger partial charge is 0.295 e. The minimum atomic E-state index is -0.644. The molecule has 1 heterocycles. The molecule has 2 rings (SSSR count). The molecule has 0 atom stereocenters. The van der Waals surface area contributed by atoms with Crippen molar-refractivity contribution in [1.29, 1.82) is 0 Å². The van der Waals surface area contributed by atoms with Gasteiger partial charge in [0.05, 0.1) is 15.5 Å². The lowest BCUT2D eigenvalue weighted by Gasteiger charge is -2.20. The van der Waals surface area contributed by atoms with Gasteiger partial charge in [-0.25, -0.2) is 9.37 Å². The summed E-state index contributed by atoms with van der Waals surface area (Å²) in [5, 5.41) is 0.0849. The van der Waals surface area contributed by atoms with Gasteiger partial charge in [-0.3, -0.25) is 9.69 Å². The van der Waals surface area contributed by atoms with Crippen LogP contribution in [0.5, 0.6) is 0 Å². The first-order valence-corrected chi connectivity index (χ1v) is 9.11. The molecule has 1 amide bonds. The second kappa shape index (κ2) is 8.13. The maximum atomic E-state index is 14.0. The summed E-state index contributed by atoms with van der Waals surface area (Å²) in [6.07, 6.45) is 2.60. The Kier molecular flexibility index (Phi) is 6.44. The summed E-state index contributed by atoms with van der Waals surface area (Å²) in [5.41, 5.74) is -0.146. The van der Waals surface area contributed by atoms with Crippen LogP contribution in [0.25, 0.3) is 0 Å². The van der Waals surface area contributed by atoms with Crippen LogP contribution in [0.3, 0.4) is 0 Å². The molecular formula is C16H15BrClFN2OS. The van der Waals surface area contributed by atoms with Gasteiger partial charge < -0.3 is 0 Å². The number of anilines is 1. The van der Waals surface area contributed by atoms with E-state index in [-0.39, 0.29) is 10.6 Å². The first-order chi connectivity index (χ1) is 11.0. The van der Waals surface area contributed by atoms with E-state index in [0.717, 1.165) is 21.5 Å². The highest BCUT2D eigenvalue weighted by Crippen LogP contribution is 2.32. The number of pyridine rings is 1. The Hall–Kier alpha value is -1.11. The third kappa shape index (κ3) is 4.25. The van der Waals surface area contributed by atoms with Crippen molar-refractivity contribution in [3.8, 4) is 0 Å². The molecule has 0 aliphatic rings. The molecule has 0 aliphatic carbocycles. The van der Waals surface area contributed by atoms with Crippen molar-refractivity contribution in [2.45, 2.75) is 18.2 Å². The maximum absolute atomic E-state index is 14.0. The van der Waals surface area contributed by atoms with Crippen LogP contribution < -0.4 is 4.90 Å². The van der Waals surface area contributed by atoms with Crippen molar-refractivity contribution in [2.24, 2.45) is 0 Å². The van der Waals surface area contributed by atoms with E-state index in [1.54, 1.807) is 25.0 Å².